The fourth-order valence-electron chi connectivity index (χ4n) is 3.28. The van der Waals surface area contributed by atoms with Gasteiger partial charge in [-0.3, -0.25) is 0 Å². The molecule has 1 heterocycles. The van der Waals surface area contributed by atoms with Crippen molar-refractivity contribution in [1.82, 2.24) is 5.32 Å². The van der Waals surface area contributed by atoms with Crippen LogP contribution in [0.3, 0.4) is 0 Å². The summed E-state index contributed by atoms with van der Waals surface area (Å²) in [5.74, 6) is 0.948. The SMILES string of the molecule is Cc1cccc(C2CNCCC2c2cc(Br)ccc2Cl)c1. The molecular weight excluding hydrogens is 346 g/mol. The Morgan fingerprint density at radius 3 is 2.81 bits per heavy atom. The standard InChI is InChI=1S/C18H19BrClN/c1-12-3-2-4-13(9-12)17-11-21-8-7-15(17)16-10-14(19)5-6-18(16)20/h2-6,9-10,15,17,21H,7-8,11H2,1H3. The second kappa shape index (κ2) is 6.51. The predicted octanol–water partition coefficient (Wildman–Crippen LogP) is 5.27. The lowest BCUT2D eigenvalue weighted by molar-refractivity contribution is 0.404. The van der Waals surface area contributed by atoms with Crippen molar-refractivity contribution in [3.8, 4) is 0 Å². The monoisotopic (exact) mass is 363 g/mol. The summed E-state index contributed by atoms with van der Waals surface area (Å²) in [7, 11) is 0. The van der Waals surface area contributed by atoms with Gasteiger partial charge < -0.3 is 5.32 Å². The van der Waals surface area contributed by atoms with E-state index < -0.39 is 0 Å². The van der Waals surface area contributed by atoms with Gasteiger partial charge in [-0.1, -0.05) is 57.4 Å². The molecule has 2 aromatic rings. The molecule has 21 heavy (non-hydrogen) atoms. The highest BCUT2D eigenvalue weighted by molar-refractivity contribution is 9.10. The van der Waals surface area contributed by atoms with E-state index in [1.165, 1.54) is 16.7 Å². The van der Waals surface area contributed by atoms with Crippen molar-refractivity contribution in [2.24, 2.45) is 0 Å². The first-order valence-electron chi connectivity index (χ1n) is 7.37. The molecule has 0 aliphatic carbocycles. The Morgan fingerprint density at radius 2 is 2.00 bits per heavy atom. The minimum atomic E-state index is 0.470. The minimum Gasteiger partial charge on any atom is -0.316 e. The Labute approximate surface area is 139 Å². The molecule has 2 atom stereocenters. The van der Waals surface area contributed by atoms with Crippen molar-refractivity contribution in [1.29, 1.82) is 0 Å². The van der Waals surface area contributed by atoms with Crippen LogP contribution in [0.4, 0.5) is 0 Å². The van der Waals surface area contributed by atoms with Gasteiger partial charge in [0.05, 0.1) is 0 Å². The molecule has 1 N–H and O–H groups in total. The summed E-state index contributed by atoms with van der Waals surface area (Å²) < 4.78 is 1.10. The van der Waals surface area contributed by atoms with Crippen LogP contribution in [-0.4, -0.2) is 13.1 Å². The summed E-state index contributed by atoms with van der Waals surface area (Å²) in [6.45, 7) is 4.22. The molecule has 1 aliphatic heterocycles. The average Bonchev–Trinajstić information content (AvgIpc) is 2.50. The molecular formula is C18H19BrClN. The Hall–Kier alpha value is -0.830. The van der Waals surface area contributed by atoms with Crippen molar-refractivity contribution in [2.75, 3.05) is 13.1 Å². The van der Waals surface area contributed by atoms with Crippen LogP contribution in [0.15, 0.2) is 46.9 Å². The Balaban J connectivity index is 2.00. The molecule has 110 valence electrons. The molecule has 0 bridgehead atoms. The van der Waals surface area contributed by atoms with E-state index in [0.717, 1.165) is 29.0 Å². The van der Waals surface area contributed by atoms with Crippen LogP contribution >= 0.6 is 27.5 Å². The zero-order valence-electron chi connectivity index (χ0n) is 12.1. The maximum absolute atomic E-state index is 6.47. The van der Waals surface area contributed by atoms with E-state index in [1.807, 2.05) is 12.1 Å². The number of aryl methyl sites for hydroxylation is 1. The summed E-state index contributed by atoms with van der Waals surface area (Å²) in [5.41, 5.74) is 3.99. The largest absolute Gasteiger partial charge is 0.316 e. The van der Waals surface area contributed by atoms with Gasteiger partial charge in [-0.2, -0.15) is 0 Å². The molecule has 1 nitrogen and oxygen atoms in total. The van der Waals surface area contributed by atoms with Crippen LogP contribution in [0, 0.1) is 6.92 Å². The van der Waals surface area contributed by atoms with E-state index in [4.69, 9.17) is 11.6 Å². The molecule has 0 radical (unpaired) electrons. The van der Waals surface area contributed by atoms with Crippen LogP contribution in [0.5, 0.6) is 0 Å². The van der Waals surface area contributed by atoms with E-state index in [0.29, 0.717) is 11.8 Å². The summed E-state index contributed by atoms with van der Waals surface area (Å²) in [6, 6.07) is 15.0. The highest BCUT2D eigenvalue weighted by Crippen LogP contribution is 2.41. The molecule has 1 fully saturated rings. The summed E-state index contributed by atoms with van der Waals surface area (Å²) in [4.78, 5) is 0. The van der Waals surface area contributed by atoms with Gasteiger partial charge in [-0.15, -0.1) is 0 Å². The molecule has 2 aromatic carbocycles. The Morgan fingerprint density at radius 1 is 1.14 bits per heavy atom. The second-order valence-electron chi connectivity index (χ2n) is 5.79. The number of nitrogens with one attached hydrogen (secondary N) is 1. The zero-order chi connectivity index (χ0) is 14.8. The van der Waals surface area contributed by atoms with Crippen LogP contribution in [0.25, 0.3) is 0 Å². The first-order valence-corrected chi connectivity index (χ1v) is 8.54. The molecule has 0 saturated carbocycles. The van der Waals surface area contributed by atoms with Gasteiger partial charge in [-0.05, 0) is 55.1 Å². The fraction of sp³-hybridized carbons (Fsp3) is 0.333. The van der Waals surface area contributed by atoms with Crippen molar-refractivity contribution >= 4 is 27.5 Å². The first-order chi connectivity index (χ1) is 10.1. The number of piperidine rings is 1. The lowest BCUT2D eigenvalue weighted by atomic mass is 9.77. The molecule has 0 spiro atoms. The summed E-state index contributed by atoms with van der Waals surface area (Å²) >= 11 is 10.0. The van der Waals surface area contributed by atoms with Crippen molar-refractivity contribution < 1.29 is 0 Å². The lowest BCUT2D eigenvalue weighted by Gasteiger charge is -2.33. The predicted molar refractivity (Wildman–Crippen MR) is 93.3 cm³/mol. The van der Waals surface area contributed by atoms with Gasteiger partial charge >= 0.3 is 0 Å². The smallest absolute Gasteiger partial charge is 0.0441 e. The quantitative estimate of drug-likeness (QED) is 0.765. The molecule has 3 rings (SSSR count). The van der Waals surface area contributed by atoms with Crippen LogP contribution in [-0.2, 0) is 0 Å². The lowest BCUT2D eigenvalue weighted by Crippen LogP contribution is -2.34. The highest BCUT2D eigenvalue weighted by atomic mass is 79.9. The topological polar surface area (TPSA) is 12.0 Å². The van der Waals surface area contributed by atoms with Crippen LogP contribution in [0.2, 0.25) is 5.02 Å². The van der Waals surface area contributed by atoms with E-state index in [1.54, 1.807) is 0 Å². The van der Waals surface area contributed by atoms with Gasteiger partial charge in [0.1, 0.15) is 0 Å². The maximum atomic E-state index is 6.47. The van der Waals surface area contributed by atoms with Crippen molar-refractivity contribution in [3.63, 3.8) is 0 Å². The van der Waals surface area contributed by atoms with Crippen LogP contribution in [0.1, 0.15) is 34.9 Å². The molecule has 0 aromatic heterocycles. The summed E-state index contributed by atoms with van der Waals surface area (Å²) in [5, 5.41) is 4.41. The average molecular weight is 365 g/mol. The molecule has 1 saturated heterocycles. The van der Waals surface area contributed by atoms with E-state index in [2.05, 4.69) is 58.5 Å². The Kier molecular flexibility index (Phi) is 4.68. The van der Waals surface area contributed by atoms with Gasteiger partial charge in [0, 0.05) is 22.0 Å². The molecule has 2 unspecified atom stereocenters. The number of hydrogen-bond acceptors (Lipinski definition) is 1. The number of benzene rings is 2. The Bertz CT molecular complexity index is 641. The van der Waals surface area contributed by atoms with E-state index >= 15 is 0 Å². The normalized spacial score (nSPS) is 22.2. The van der Waals surface area contributed by atoms with Crippen molar-refractivity contribution in [2.45, 2.75) is 25.2 Å². The molecule has 3 heteroatoms. The molecule has 1 aliphatic rings. The van der Waals surface area contributed by atoms with Gasteiger partial charge in [0.25, 0.3) is 0 Å². The number of halogens is 2. The third-order valence-electron chi connectivity index (χ3n) is 4.31. The van der Waals surface area contributed by atoms with E-state index in [-0.39, 0.29) is 0 Å². The molecule has 0 amide bonds. The first kappa shape index (κ1) is 15.1. The third-order valence-corrected chi connectivity index (χ3v) is 5.15. The fourth-order valence-corrected chi connectivity index (χ4v) is 3.92. The highest BCUT2D eigenvalue weighted by Gasteiger charge is 2.29. The van der Waals surface area contributed by atoms with Gasteiger partial charge in [-0.25, -0.2) is 0 Å². The third kappa shape index (κ3) is 3.33. The maximum Gasteiger partial charge on any atom is 0.0441 e. The minimum absolute atomic E-state index is 0.470. The van der Waals surface area contributed by atoms with Gasteiger partial charge in [0.15, 0.2) is 0 Å². The summed E-state index contributed by atoms with van der Waals surface area (Å²) in [6.07, 6.45) is 1.12. The number of hydrogen-bond donors (Lipinski definition) is 1. The van der Waals surface area contributed by atoms with Crippen LogP contribution < -0.4 is 5.32 Å². The van der Waals surface area contributed by atoms with Gasteiger partial charge in [0.2, 0.25) is 0 Å². The van der Waals surface area contributed by atoms with E-state index in [9.17, 15) is 0 Å². The second-order valence-corrected chi connectivity index (χ2v) is 7.11. The zero-order valence-corrected chi connectivity index (χ0v) is 14.4. The number of rotatable bonds is 2. The van der Waals surface area contributed by atoms with Crippen molar-refractivity contribution in [3.05, 3.63) is 68.7 Å².